The monoisotopic (exact) mass is 306 g/mol. The van der Waals surface area contributed by atoms with Crippen LogP contribution in [0.4, 0.5) is 5.69 Å². The Bertz CT molecular complexity index is 546. The van der Waals surface area contributed by atoms with Gasteiger partial charge in [-0.2, -0.15) is 0 Å². The number of anilines is 1. The summed E-state index contributed by atoms with van der Waals surface area (Å²) in [6, 6.07) is 10.0. The molecule has 0 fully saturated rings. The molecule has 2 rings (SSSR count). The van der Waals surface area contributed by atoms with E-state index in [1.54, 1.807) is 30.6 Å². The molecule has 0 aliphatic carbocycles. The van der Waals surface area contributed by atoms with Crippen LogP contribution < -0.4 is 5.32 Å². The first-order valence-electron chi connectivity index (χ1n) is 5.31. The molecule has 1 aromatic heterocycles. The molecule has 0 bridgehead atoms. The first kappa shape index (κ1) is 12.6. The molecule has 4 nitrogen and oxygen atoms in total. The van der Waals surface area contributed by atoms with Crippen molar-refractivity contribution in [3.63, 3.8) is 0 Å². The van der Waals surface area contributed by atoms with Gasteiger partial charge in [-0.3, -0.25) is 4.98 Å². The second kappa shape index (κ2) is 5.64. The van der Waals surface area contributed by atoms with Crippen molar-refractivity contribution in [2.75, 3.05) is 5.32 Å². The van der Waals surface area contributed by atoms with Crippen LogP contribution >= 0.6 is 15.9 Å². The minimum absolute atomic E-state index is 0.653. The van der Waals surface area contributed by atoms with Crippen LogP contribution in [0.2, 0.25) is 0 Å². The Labute approximate surface area is 113 Å². The Morgan fingerprint density at radius 2 is 2.00 bits per heavy atom. The molecular formula is C13H11BrN2O2. The van der Waals surface area contributed by atoms with E-state index in [-0.39, 0.29) is 0 Å². The van der Waals surface area contributed by atoms with Crippen LogP contribution in [0.3, 0.4) is 0 Å². The number of pyridine rings is 1. The minimum Gasteiger partial charge on any atom is -0.479 e. The Kier molecular flexibility index (Phi) is 3.94. The van der Waals surface area contributed by atoms with Gasteiger partial charge in [0.25, 0.3) is 0 Å². The van der Waals surface area contributed by atoms with Crippen LogP contribution in [0.1, 0.15) is 11.6 Å². The molecule has 0 aliphatic heterocycles. The summed E-state index contributed by atoms with van der Waals surface area (Å²) in [6.07, 6.45) is 3.23. The highest BCUT2D eigenvalue weighted by molar-refractivity contribution is 9.10. The summed E-state index contributed by atoms with van der Waals surface area (Å²) in [5, 5.41) is 12.2. The predicted octanol–water partition coefficient (Wildman–Crippen LogP) is 3.08. The summed E-state index contributed by atoms with van der Waals surface area (Å²) in [5.41, 5.74) is 1.35. The van der Waals surface area contributed by atoms with Crippen molar-refractivity contribution in [2.45, 2.75) is 6.04 Å². The molecule has 1 atom stereocenters. The molecule has 0 spiro atoms. The highest BCUT2D eigenvalue weighted by atomic mass is 79.9. The van der Waals surface area contributed by atoms with Gasteiger partial charge in [0.05, 0.1) is 11.9 Å². The second-order valence-corrected chi connectivity index (χ2v) is 4.63. The number of hydrogen-bond donors (Lipinski definition) is 2. The SMILES string of the molecule is O=C(O)[C@H](Nc1cncc(Br)c1)c1ccccc1. The molecule has 2 N–H and O–H groups in total. The van der Waals surface area contributed by atoms with Gasteiger partial charge in [0.2, 0.25) is 0 Å². The molecule has 0 saturated carbocycles. The molecule has 18 heavy (non-hydrogen) atoms. The van der Waals surface area contributed by atoms with E-state index in [0.29, 0.717) is 11.3 Å². The van der Waals surface area contributed by atoms with E-state index in [4.69, 9.17) is 0 Å². The molecule has 0 amide bonds. The third-order valence-corrected chi connectivity index (χ3v) is 2.83. The Balaban J connectivity index is 2.25. The number of benzene rings is 1. The summed E-state index contributed by atoms with van der Waals surface area (Å²) >= 11 is 3.30. The summed E-state index contributed by atoms with van der Waals surface area (Å²) in [5.74, 6) is -0.929. The number of carboxylic acids is 1. The minimum atomic E-state index is -0.929. The summed E-state index contributed by atoms with van der Waals surface area (Å²) < 4.78 is 0.796. The quantitative estimate of drug-likeness (QED) is 0.911. The van der Waals surface area contributed by atoms with Gasteiger partial charge in [0.15, 0.2) is 6.04 Å². The Morgan fingerprint density at radius 1 is 1.28 bits per heavy atom. The molecule has 0 unspecified atom stereocenters. The zero-order valence-electron chi connectivity index (χ0n) is 9.38. The van der Waals surface area contributed by atoms with E-state index < -0.39 is 12.0 Å². The number of hydrogen-bond acceptors (Lipinski definition) is 3. The highest BCUT2D eigenvalue weighted by Gasteiger charge is 2.19. The van der Waals surface area contributed by atoms with Gasteiger partial charge < -0.3 is 10.4 Å². The third-order valence-electron chi connectivity index (χ3n) is 2.40. The van der Waals surface area contributed by atoms with E-state index in [0.717, 1.165) is 4.47 Å². The normalized spacial score (nSPS) is 11.8. The van der Waals surface area contributed by atoms with Crippen LogP contribution in [0.25, 0.3) is 0 Å². The van der Waals surface area contributed by atoms with Crippen LogP contribution in [0, 0.1) is 0 Å². The Hall–Kier alpha value is -1.88. The van der Waals surface area contributed by atoms with E-state index in [1.165, 1.54) is 0 Å². The second-order valence-electron chi connectivity index (χ2n) is 3.72. The fraction of sp³-hybridized carbons (Fsp3) is 0.0769. The average molecular weight is 307 g/mol. The topological polar surface area (TPSA) is 62.2 Å². The van der Waals surface area contributed by atoms with Gasteiger partial charge in [-0.15, -0.1) is 0 Å². The average Bonchev–Trinajstić information content (AvgIpc) is 2.37. The molecule has 2 aromatic rings. The van der Waals surface area contributed by atoms with Gasteiger partial charge >= 0.3 is 5.97 Å². The van der Waals surface area contributed by atoms with Gasteiger partial charge in [-0.25, -0.2) is 4.79 Å². The van der Waals surface area contributed by atoms with Crippen LogP contribution in [0.15, 0.2) is 53.3 Å². The van der Waals surface area contributed by atoms with Crippen LogP contribution in [-0.2, 0) is 4.79 Å². The fourth-order valence-corrected chi connectivity index (χ4v) is 1.96. The molecule has 1 aromatic carbocycles. The van der Waals surface area contributed by atoms with E-state index in [9.17, 15) is 9.90 Å². The maximum atomic E-state index is 11.3. The van der Waals surface area contributed by atoms with Crippen molar-refractivity contribution in [3.8, 4) is 0 Å². The van der Waals surface area contributed by atoms with Crippen molar-refractivity contribution in [1.82, 2.24) is 4.98 Å². The number of carbonyl (C=O) groups is 1. The first-order chi connectivity index (χ1) is 8.66. The van der Waals surface area contributed by atoms with Crippen molar-refractivity contribution in [3.05, 3.63) is 58.8 Å². The number of nitrogens with one attached hydrogen (secondary N) is 1. The number of carboxylic acid groups (broad SMARTS) is 1. The van der Waals surface area contributed by atoms with Gasteiger partial charge in [-0.05, 0) is 27.6 Å². The number of halogens is 1. The predicted molar refractivity (Wildman–Crippen MR) is 72.4 cm³/mol. The van der Waals surface area contributed by atoms with Crippen LogP contribution in [-0.4, -0.2) is 16.1 Å². The number of nitrogens with zero attached hydrogens (tertiary/aromatic N) is 1. The third kappa shape index (κ3) is 3.07. The largest absolute Gasteiger partial charge is 0.479 e. The van der Waals surface area contributed by atoms with Gasteiger partial charge in [0.1, 0.15) is 0 Å². The lowest BCUT2D eigenvalue weighted by Gasteiger charge is -2.15. The van der Waals surface area contributed by atoms with Crippen molar-refractivity contribution >= 4 is 27.6 Å². The van der Waals surface area contributed by atoms with Gasteiger partial charge in [-0.1, -0.05) is 30.3 Å². The molecule has 0 aliphatic rings. The fourth-order valence-electron chi connectivity index (χ4n) is 1.59. The highest BCUT2D eigenvalue weighted by Crippen LogP contribution is 2.21. The van der Waals surface area contributed by atoms with Gasteiger partial charge in [0, 0.05) is 10.7 Å². The molecule has 5 heteroatoms. The number of aromatic nitrogens is 1. The molecule has 1 heterocycles. The summed E-state index contributed by atoms with van der Waals surface area (Å²) in [7, 11) is 0. The maximum Gasteiger partial charge on any atom is 0.330 e. The maximum absolute atomic E-state index is 11.3. The standard InChI is InChI=1S/C13H11BrN2O2/c14-10-6-11(8-15-7-10)16-12(13(17)18)9-4-2-1-3-5-9/h1-8,12,16H,(H,17,18)/t12-/m1/s1. The lowest BCUT2D eigenvalue weighted by molar-refractivity contribution is -0.138. The lowest BCUT2D eigenvalue weighted by Crippen LogP contribution is -2.20. The van der Waals surface area contributed by atoms with E-state index in [1.807, 2.05) is 18.2 Å². The van der Waals surface area contributed by atoms with E-state index in [2.05, 4.69) is 26.2 Å². The molecule has 0 radical (unpaired) electrons. The zero-order chi connectivity index (χ0) is 13.0. The summed E-state index contributed by atoms with van der Waals surface area (Å²) in [4.78, 5) is 15.3. The number of rotatable bonds is 4. The number of aliphatic carboxylic acids is 1. The zero-order valence-corrected chi connectivity index (χ0v) is 11.0. The molecule has 92 valence electrons. The molecule has 0 saturated heterocycles. The first-order valence-corrected chi connectivity index (χ1v) is 6.11. The van der Waals surface area contributed by atoms with Crippen molar-refractivity contribution in [2.24, 2.45) is 0 Å². The van der Waals surface area contributed by atoms with E-state index >= 15 is 0 Å². The van der Waals surface area contributed by atoms with Crippen molar-refractivity contribution in [1.29, 1.82) is 0 Å². The van der Waals surface area contributed by atoms with Crippen molar-refractivity contribution < 1.29 is 9.90 Å². The Morgan fingerprint density at radius 3 is 2.61 bits per heavy atom. The lowest BCUT2D eigenvalue weighted by atomic mass is 10.1. The smallest absolute Gasteiger partial charge is 0.330 e. The summed E-state index contributed by atoms with van der Waals surface area (Å²) in [6.45, 7) is 0. The molecular weight excluding hydrogens is 296 g/mol. The van der Waals surface area contributed by atoms with Crippen LogP contribution in [0.5, 0.6) is 0 Å².